The molecule has 0 radical (unpaired) electrons. The number of nitrogen functional groups attached to an aromatic ring is 1. The van der Waals surface area contributed by atoms with Crippen molar-refractivity contribution >= 4 is 5.82 Å². The fraction of sp³-hybridized carbons (Fsp3) is 0.333. The third-order valence-electron chi connectivity index (χ3n) is 3.09. The van der Waals surface area contributed by atoms with E-state index in [0.717, 1.165) is 18.8 Å². The predicted molar refractivity (Wildman–Crippen MR) is 77.8 cm³/mol. The van der Waals surface area contributed by atoms with Crippen molar-refractivity contribution in [2.45, 2.75) is 26.8 Å². The van der Waals surface area contributed by atoms with Crippen LogP contribution in [0.15, 0.2) is 30.5 Å². The smallest absolute Gasteiger partial charge is 0.144 e. The molecule has 19 heavy (non-hydrogen) atoms. The first-order chi connectivity index (χ1) is 9.15. The Balaban J connectivity index is 1.82. The van der Waals surface area contributed by atoms with Gasteiger partial charge in [0.25, 0.3) is 0 Å². The van der Waals surface area contributed by atoms with Crippen molar-refractivity contribution in [1.82, 2.24) is 15.3 Å². The van der Waals surface area contributed by atoms with Gasteiger partial charge in [-0.1, -0.05) is 23.8 Å². The minimum Gasteiger partial charge on any atom is -0.384 e. The highest BCUT2D eigenvalue weighted by Crippen LogP contribution is 2.10. The molecule has 3 N–H and O–H groups in total. The number of hydrogen-bond acceptors (Lipinski definition) is 4. The summed E-state index contributed by atoms with van der Waals surface area (Å²) in [5.41, 5.74) is 9.65. The van der Waals surface area contributed by atoms with Gasteiger partial charge in [0.1, 0.15) is 11.6 Å². The van der Waals surface area contributed by atoms with Crippen LogP contribution in [0, 0.1) is 13.8 Å². The van der Waals surface area contributed by atoms with Gasteiger partial charge in [-0.3, -0.25) is 0 Å². The van der Waals surface area contributed by atoms with Crippen molar-refractivity contribution in [2.75, 3.05) is 12.3 Å². The van der Waals surface area contributed by atoms with E-state index < -0.39 is 0 Å². The molecule has 4 heteroatoms. The number of hydrogen-bond donors (Lipinski definition) is 2. The van der Waals surface area contributed by atoms with Gasteiger partial charge in [0.15, 0.2) is 0 Å². The van der Waals surface area contributed by atoms with Gasteiger partial charge in [-0.25, -0.2) is 9.97 Å². The number of aromatic nitrogens is 2. The molecule has 0 saturated carbocycles. The molecule has 2 aromatic rings. The Morgan fingerprint density at radius 1 is 1.21 bits per heavy atom. The van der Waals surface area contributed by atoms with Crippen LogP contribution in [-0.4, -0.2) is 16.5 Å². The van der Waals surface area contributed by atoms with Crippen molar-refractivity contribution in [3.8, 4) is 0 Å². The number of rotatable bonds is 5. The summed E-state index contributed by atoms with van der Waals surface area (Å²) < 4.78 is 0. The maximum atomic E-state index is 5.61. The highest BCUT2D eigenvalue weighted by Gasteiger charge is 2.00. The van der Waals surface area contributed by atoms with Gasteiger partial charge in [0.05, 0.1) is 6.54 Å². The van der Waals surface area contributed by atoms with E-state index in [4.69, 9.17) is 5.73 Å². The maximum Gasteiger partial charge on any atom is 0.144 e. The minimum atomic E-state index is 0.515. The summed E-state index contributed by atoms with van der Waals surface area (Å²) in [7, 11) is 0. The van der Waals surface area contributed by atoms with Crippen molar-refractivity contribution in [1.29, 1.82) is 0 Å². The van der Waals surface area contributed by atoms with E-state index in [2.05, 4.69) is 47.3 Å². The summed E-state index contributed by atoms with van der Waals surface area (Å²) in [5.74, 6) is 1.25. The van der Waals surface area contributed by atoms with Crippen LogP contribution in [0.1, 0.15) is 22.5 Å². The van der Waals surface area contributed by atoms with Crippen molar-refractivity contribution < 1.29 is 0 Å². The van der Waals surface area contributed by atoms with Gasteiger partial charge in [-0.2, -0.15) is 0 Å². The second-order valence-electron chi connectivity index (χ2n) is 4.75. The highest BCUT2D eigenvalue weighted by molar-refractivity contribution is 5.30. The molecule has 1 aromatic heterocycles. The molecule has 100 valence electrons. The average molecular weight is 256 g/mol. The van der Waals surface area contributed by atoms with Crippen molar-refractivity contribution in [3.63, 3.8) is 0 Å². The molecule has 1 heterocycles. The fourth-order valence-corrected chi connectivity index (χ4v) is 1.99. The number of nitrogens with one attached hydrogen (secondary N) is 1. The minimum absolute atomic E-state index is 0.515. The average Bonchev–Trinajstić information content (AvgIpc) is 2.39. The summed E-state index contributed by atoms with van der Waals surface area (Å²) in [6.45, 7) is 5.82. The Kier molecular flexibility index (Phi) is 4.47. The Bertz CT molecular complexity index is 552. The first-order valence-corrected chi connectivity index (χ1v) is 6.49. The lowest BCUT2D eigenvalue weighted by Crippen LogP contribution is -2.19. The zero-order valence-electron chi connectivity index (χ0n) is 11.5. The Morgan fingerprint density at radius 2 is 2.05 bits per heavy atom. The quantitative estimate of drug-likeness (QED) is 0.803. The van der Waals surface area contributed by atoms with Gasteiger partial charge >= 0.3 is 0 Å². The topological polar surface area (TPSA) is 63.8 Å². The Morgan fingerprint density at radius 3 is 2.84 bits per heavy atom. The van der Waals surface area contributed by atoms with Crippen LogP contribution in [0.5, 0.6) is 0 Å². The standard InChI is InChI=1S/C15H20N4/c1-11-3-4-12(2)13(9-11)5-7-17-10-15-18-8-6-14(16)19-15/h3-4,6,8-9,17H,5,7,10H2,1-2H3,(H2,16,18,19). The summed E-state index contributed by atoms with van der Waals surface area (Å²) in [6.07, 6.45) is 2.69. The molecule has 0 saturated heterocycles. The molecule has 0 fully saturated rings. The lowest BCUT2D eigenvalue weighted by Gasteiger charge is -2.08. The largest absolute Gasteiger partial charge is 0.384 e. The van der Waals surface area contributed by atoms with E-state index in [0.29, 0.717) is 12.4 Å². The number of nitrogens with two attached hydrogens (primary N) is 1. The lowest BCUT2D eigenvalue weighted by atomic mass is 10.0. The van der Waals surface area contributed by atoms with E-state index in [1.807, 2.05) is 0 Å². The SMILES string of the molecule is Cc1ccc(C)c(CCNCc2nccc(N)n2)c1. The van der Waals surface area contributed by atoms with Gasteiger partial charge < -0.3 is 11.1 Å². The first-order valence-electron chi connectivity index (χ1n) is 6.49. The summed E-state index contributed by atoms with van der Waals surface area (Å²) in [4.78, 5) is 8.32. The molecule has 0 aliphatic rings. The summed E-state index contributed by atoms with van der Waals surface area (Å²) in [5, 5.41) is 3.34. The second-order valence-corrected chi connectivity index (χ2v) is 4.75. The van der Waals surface area contributed by atoms with Gasteiger partial charge in [0.2, 0.25) is 0 Å². The molecule has 4 nitrogen and oxygen atoms in total. The van der Waals surface area contributed by atoms with Gasteiger partial charge in [-0.15, -0.1) is 0 Å². The van der Waals surface area contributed by atoms with Crippen LogP contribution in [0.4, 0.5) is 5.82 Å². The zero-order valence-corrected chi connectivity index (χ0v) is 11.5. The molecule has 0 aliphatic carbocycles. The Labute approximate surface area is 114 Å². The zero-order chi connectivity index (χ0) is 13.7. The normalized spacial score (nSPS) is 10.6. The fourth-order valence-electron chi connectivity index (χ4n) is 1.99. The van der Waals surface area contributed by atoms with Crippen molar-refractivity contribution in [2.24, 2.45) is 0 Å². The third-order valence-corrected chi connectivity index (χ3v) is 3.09. The number of nitrogens with zero attached hydrogens (tertiary/aromatic N) is 2. The number of benzene rings is 1. The molecule has 1 aromatic carbocycles. The van der Waals surface area contributed by atoms with E-state index >= 15 is 0 Å². The van der Waals surface area contributed by atoms with Gasteiger partial charge in [-0.05, 0) is 44.0 Å². The van der Waals surface area contributed by atoms with E-state index in [9.17, 15) is 0 Å². The number of anilines is 1. The highest BCUT2D eigenvalue weighted by atomic mass is 15.0. The molecule has 2 rings (SSSR count). The second kappa shape index (κ2) is 6.29. The third kappa shape index (κ3) is 4.03. The van der Waals surface area contributed by atoms with E-state index in [1.165, 1.54) is 16.7 Å². The van der Waals surface area contributed by atoms with Gasteiger partial charge in [0, 0.05) is 6.20 Å². The maximum absolute atomic E-state index is 5.61. The van der Waals surface area contributed by atoms with Crippen LogP contribution < -0.4 is 11.1 Å². The molecule has 0 atom stereocenters. The first kappa shape index (κ1) is 13.5. The van der Waals surface area contributed by atoms with Crippen LogP contribution >= 0.6 is 0 Å². The molecule has 0 unspecified atom stereocenters. The van der Waals surface area contributed by atoms with Crippen LogP contribution in [0.3, 0.4) is 0 Å². The van der Waals surface area contributed by atoms with E-state index in [1.54, 1.807) is 12.3 Å². The molecule has 0 bridgehead atoms. The molecular formula is C15H20N4. The molecule has 0 spiro atoms. The molecular weight excluding hydrogens is 236 g/mol. The van der Waals surface area contributed by atoms with Crippen molar-refractivity contribution in [3.05, 3.63) is 53.0 Å². The molecule has 0 amide bonds. The monoisotopic (exact) mass is 256 g/mol. The predicted octanol–water partition coefficient (Wildman–Crippen LogP) is 2.01. The van der Waals surface area contributed by atoms with E-state index in [-0.39, 0.29) is 0 Å². The molecule has 0 aliphatic heterocycles. The Hall–Kier alpha value is -1.94. The van der Waals surface area contributed by atoms with Crippen LogP contribution in [0.25, 0.3) is 0 Å². The lowest BCUT2D eigenvalue weighted by molar-refractivity contribution is 0.659. The van der Waals surface area contributed by atoms with Crippen LogP contribution in [0.2, 0.25) is 0 Å². The summed E-state index contributed by atoms with van der Waals surface area (Å²) >= 11 is 0. The summed E-state index contributed by atoms with van der Waals surface area (Å²) in [6, 6.07) is 8.26. The van der Waals surface area contributed by atoms with Crippen LogP contribution in [-0.2, 0) is 13.0 Å². The number of aryl methyl sites for hydroxylation is 2.